The third kappa shape index (κ3) is 3.93. The molecule has 0 atom stereocenters. The largest absolute Gasteiger partial charge is 0.342 e. The number of nitrogens with one attached hydrogen (secondary N) is 2. The molecule has 0 saturated carbocycles. The minimum absolute atomic E-state index is 0.229. The van der Waals surface area contributed by atoms with Crippen LogP contribution in [0.25, 0.3) is 5.69 Å². The zero-order chi connectivity index (χ0) is 21.3. The summed E-state index contributed by atoms with van der Waals surface area (Å²) in [6, 6.07) is 11.6. The first-order chi connectivity index (χ1) is 14.4. The molecule has 6 nitrogen and oxygen atoms in total. The van der Waals surface area contributed by atoms with Crippen molar-refractivity contribution in [3.63, 3.8) is 0 Å². The highest BCUT2D eigenvalue weighted by molar-refractivity contribution is 6.33. The van der Waals surface area contributed by atoms with E-state index in [0.29, 0.717) is 22.8 Å². The molecule has 2 aromatic carbocycles. The van der Waals surface area contributed by atoms with Gasteiger partial charge in [-0.05, 0) is 56.0 Å². The number of rotatable bonds is 5. The fourth-order valence-electron chi connectivity index (χ4n) is 3.60. The Morgan fingerprint density at radius 2 is 2.00 bits per heavy atom. The highest BCUT2D eigenvalue weighted by Gasteiger charge is 2.27. The van der Waals surface area contributed by atoms with Crippen molar-refractivity contribution < 1.29 is 14.0 Å². The zero-order valence-corrected chi connectivity index (χ0v) is 17.1. The average molecular weight is 427 g/mol. The van der Waals surface area contributed by atoms with Crippen LogP contribution in [0.2, 0.25) is 5.02 Å². The molecule has 0 fully saturated rings. The van der Waals surface area contributed by atoms with Gasteiger partial charge in [0.25, 0.3) is 5.91 Å². The summed E-state index contributed by atoms with van der Waals surface area (Å²) in [7, 11) is 0. The van der Waals surface area contributed by atoms with E-state index < -0.39 is 17.6 Å². The molecule has 2 amide bonds. The zero-order valence-electron chi connectivity index (χ0n) is 16.3. The quantitative estimate of drug-likeness (QED) is 0.651. The van der Waals surface area contributed by atoms with Crippen LogP contribution >= 0.6 is 11.6 Å². The van der Waals surface area contributed by atoms with Crippen LogP contribution in [0.4, 0.5) is 10.1 Å². The third-order valence-electron chi connectivity index (χ3n) is 5.03. The average Bonchev–Trinajstić information content (AvgIpc) is 3.32. The predicted molar refractivity (Wildman–Crippen MR) is 113 cm³/mol. The summed E-state index contributed by atoms with van der Waals surface area (Å²) >= 11 is 6.12. The first-order valence-electron chi connectivity index (χ1n) is 9.64. The summed E-state index contributed by atoms with van der Waals surface area (Å²) in [6.45, 7) is 1.67. The molecule has 1 heterocycles. The Morgan fingerprint density at radius 1 is 1.20 bits per heavy atom. The molecule has 1 aromatic heterocycles. The maximum Gasteiger partial charge on any atom is 0.272 e. The number of fused-ring (bicyclic) bond motifs is 1. The smallest absolute Gasteiger partial charge is 0.272 e. The van der Waals surface area contributed by atoms with Crippen LogP contribution in [0.3, 0.4) is 0 Å². The number of carbonyl (C=O) groups excluding carboxylic acids is 2. The maximum atomic E-state index is 14.2. The molecule has 8 heteroatoms. The van der Waals surface area contributed by atoms with Gasteiger partial charge in [0.15, 0.2) is 5.69 Å². The van der Waals surface area contributed by atoms with E-state index in [1.54, 1.807) is 30.3 Å². The van der Waals surface area contributed by atoms with Crippen LogP contribution in [0, 0.1) is 12.7 Å². The van der Waals surface area contributed by atoms with Gasteiger partial charge in [-0.25, -0.2) is 9.07 Å². The summed E-state index contributed by atoms with van der Waals surface area (Å²) in [6.07, 6.45) is 2.28. The van der Waals surface area contributed by atoms with Gasteiger partial charge in [-0.15, -0.1) is 0 Å². The van der Waals surface area contributed by atoms with Gasteiger partial charge in [0, 0.05) is 11.3 Å². The van der Waals surface area contributed by atoms with Gasteiger partial charge in [0.05, 0.1) is 17.3 Å². The molecule has 0 aliphatic heterocycles. The third-order valence-corrected chi connectivity index (χ3v) is 5.35. The molecule has 1 aliphatic rings. The molecule has 0 bridgehead atoms. The lowest BCUT2D eigenvalue weighted by atomic mass is 10.2. The Labute approximate surface area is 178 Å². The lowest BCUT2D eigenvalue weighted by Crippen LogP contribution is -2.33. The topological polar surface area (TPSA) is 76.0 Å². The van der Waals surface area contributed by atoms with Crippen molar-refractivity contribution in [2.45, 2.75) is 26.2 Å². The monoisotopic (exact) mass is 426 g/mol. The summed E-state index contributed by atoms with van der Waals surface area (Å²) in [5.74, 6) is -1.27. The molecular weight excluding hydrogens is 407 g/mol. The van der Waals surface area contributed by atoms with E-state index >= 15 is 0 Å². The van der Waals surface area contributed by atoms with E-state index in [2.05, 4.69) is 15.7 Å². The van der Waals surface area contributed by atoms with E-state index in [1.165, 1.54) is 10.7 Å². The van der Waals surface area contributed by atoms with Crippen molar-refractivity contribution >= 4 is 29.1 Å². The molecule has 0 unspecified atom stereocenters. The first-order valence-corrected chi connectivity index (χ1v) is 10.0. The number of aromatic nitrogens is 2. The van der Waals surface area contributed by atoms with E-state index in [1.807, 2.05) is 13.0 Å². The number of para-hydroxylation sites is 1. The number of anilines is 1. The molecule has 0 spiro atoms. The Balaban J connectivity index is 1.48. The summed E-state index contributed by atoms with van der Waals surface area (Å²) in [4.78, 5) is 24.9. The fourth-order valence-corrected chi connectivity index (χ4v) is 3.89. The van der Waals surface area contributed by atoms with Crippen LogP contribution in [-0.4, -0.2) is 28.1 Å². The van der Waals surface area contributed by atoms with Gasteiger partial charge in [0.2, 0.25) is 5.91 Å². The SMILES string of the molecule is Cc1ccc(NC(=O)CNC(=O)c2nn(-c3ccccc3F)c3c2CCC3)c(Cl)c1. The number of halogens is 2. The van der Waals surface area contributed by atoms with Crippen molar-refractivity contribution in [1.29, 1.82) is 0 Å². The molecule has 4 rings (SSSR count). The number of carbonyl (C=O) groups is 2. The van der Waals surface area contributed by atoms with Crippen molar-refractivity contribution in [2.75, 3.05) is 11.9 Å². The lowest BCUT2D eigenvalue weighted by molar-refractivity contribution is -0.115. The number of amides is 2. The Hall–Kier alpha value is -3.19. The van der Waals surface area contributed by atoms with E-state index in [9.17, 15) is 14.0 Å². The second-order valence-electron chi connectivity index (χ2n) is 7.20. The van der Waals surface area contributed by atoms with E-state index in [0.717, 1.165) is 29.7 Å². The van der Waals surface area contributed by atoms with Gasteiger partial charge in [-0.2, -0.15) is 5.10 Å². The number of hydrogen-bond donors (Lipinski definition) is 2. The number of nitrogens with zero attached hydrogens (tertiary/aromatic N) is 2. The molecule has 0 radical (unpaired) electrons. The Bertz CT molecular complexity index is 1140. The molecule has 1 aliphatic carbocycles. The summed E-state index contributed by atoms with van der Waals surface area (Å²) in [5.41, 5.74) is 3.63. The number of hydrogen-bond acceptors (Lipinski definition) is 3. The number of aryl methyl sites for hydroxylation is 1. The van der Waals surface area contributed by atoms with Crippen LogP contribution in [0.15, 0.2) is 42.5 Å². The Morgan fingerprint density at radius 3 is 2.77 bits per heavy atom. The molecular formula is C22H20ClFN4O2. The second kappa shape index (κ2) is 8.28. The van der Waals surface area contributed by atoms with Gasteiger partial charge in [-0.3, -0.25) is 9.59 Å². The van der Waals surface area contributed by atoms with Gasteiger partial charge in [0.1, 0.15) is 11.5 Å². The molecule has 154 valence electrons. The van der Waals surface area contributed by atoms with Crippen LogP contribution in [0.1, 0.15) is 33.7 Å². The van der Waals surface area contributed by atoms with Crippen molar-refractivity contribution in [3.05, 3.63) is 75.8 Å². The summed E-state index contributed by atoms with van der Waals surface area (Å²) < 4.78 is 15.7. The van der Waals surface area contributed by atoms with Gasteiger partial charge < -0.3 is 10.6 Å². The first kappa shape index (κ1) is 20.1. The minimum atomic E-state index is -0.464. The Kier molecular flexibility index (Phi) is 5.55. The van der Waals surface area contributed by atoms with Crippen molar-refractivity contribution in [1.82, 2.24) is 15.1 Å². The highest BCUT2D eigenvalue weighted by Crippen LogP contribution is 2.28. The maximum absolute atomic E-state index is 14.2. The van der Waals surface area contributed by atoms with Crippen LogP contribution in [-0.2, 0) is 17.6 Å². The molecule has 2 N–H and O–H groups in total. The highest BCUT2D eigenvalue weighted by atomic mass is 35.5. The standard InChI is InChI=1S/C22H20ClFN4O2/c1-13-9-10-17(15(23)11-13)26-20(29)12-25-22(30)21-14-5-4-8-18(14)28(27-21)19-7-3-2-6-16(19)24/h2-3,6-7,9-11H,4-5,8,12H2,1H3,(H,25,30)(H,26,29). The fraction of sp³-hybridized carbons (Fsp3) is 0.227. The summed E-state index contributed by atoms with van der Waals surface area (Å²) in [5, 5.41) is 10.1. The van der Waals surface area contributed by atoms with Gasteiger partial charge >= 0.3 is 0 Å². The van der Waals surface area contributed by atoms with E-state index in [4.69, 9.17) is 11.6 Å². The molecule has 3 aromatic rings. The normalized spacial score (nSPS) is 12.5. The van der Waals surface area contributed by atoms with E-state index in [-0.39, 0.29) is 12.2 Å². The number of benzene rings is 2. The van der Waals surface area contributed by atoms with Crippen LogP contribution in [0.5, 0.6) is 0 Å². The minimum Gasteiger partial charge on any atom is -0.342 e. The van der Waals surface area contributed by atoms with Crippen molar-refractivity contribution in [3.8, 4) is 5.69 Å². The second-order valence-corrected chi connectivity index (χ2v) is 7.61. The van der Waals surface area contributed by atoms with Crippen LogP contribution < -0.4 is 10.6 Å². The van der Waals surface area contributed by atoms with Gasteiger partial charge in [-0.1, -0.05) is 29.8 Å². The molecule has 30 heavy (non-hydrogen) atoms. The lowest BCUT2D eigenvalue weighted by Gasteiger charge is -2.09. The van der Waals surface area contributed by atoms with Crippen molar-refractivity contribution in [2.24, 2.45) is 0 Å². The molecule has 0 saturated heterocycles. The predicted octanol–water partition coefficient (Wildman–Crippen LogP) is 3.83.